The largest absolute Gasteiger partial charge is 0.325 e. The molecule has 0 saturated carbocycles. The SMILES string of the molecule is O=C(CSc1nc(-c2ccccc2)n(-c2ccccc2)n1)Nc1ccc(F)c(F)c1. The van der Waals surface area contributed by atoms with Crippen LogP contribution in [0.15, 0.2) is 84.0 Å². The summed E-state index contributed by atoms with van der Waals surface area (Å²) < 4.78 is 28.0. The Morgan fingerprint density at radius 3 is 2.33 bits per heavy atom. The van der Waals surface area contributed by atoms with E-state index in [2.05, 4.69) is 15.4 Å². The first-order valence-corrected chi connectivity index (χ1v) is 10.0. The van der Waals surface area contributed by atoms with Crippen molar-refractivity contribution in [2.75, 3.05) is 11.1 Å². The second-order valence-electron chi connectivity index (χ2n) is 6.30. The van der Waals surface area contributed by atoms with Crippen LogP contribution >= 0.6 is 11.8 Å². The maximum atomic E-state index is 13.3. The number of hydrogen-bond donors (Lipinski definition) is 1. The van der Waals surface area contributed by atoms with Crippen LogP contribution in [0.2, 0.25) is 0 Å². The average Bonchev–Trinajstić information content (AvgIpc) is 3.21. The third-order valence-electron chi connectivity index (χ3n) is 4.16. The molecule has 5 nitrogen and oxygen atoms in total. The molecule has 1 heterocycles. The normalized spacial score (nSPS) is 10.7. The van der Waals surface area contributed by atoms with Gasteiger partial charge in [-0.25, -0.2) is 18.4 Å². The van der Waals surface area contributed by atoms with Crippen LogP contribution in [-0.4, -0.2) is 26.4 Å². The van der Waals surface area contributed by atoms with Gasteiger partial charge in [-0.2, -0.15) is 0 Å². The molecule has 0 radical (unpaired) electrons. The van der Waals surface area contributed by atoms with Crippen molar-refractivity contribution in [2.45, 2.75) is 5.16 Å². The number of nitrogens with one attached hydrogen (secondary N) is 1. The van der Waals surface area contributed by atoms with Gasteiger partial charge < -0.3 is 5.32 Å². The summed E-state index contributed by atoms with van der Waals surface area (Å²) in [5.41, 5.74) is 1.93. The number of carbonyl (C=O) groups is 1. The molecule has 8 heteroatoms. The van der Waals surface area contributed by atoms with Crippen molar-refractivity contribution in [3.63, 3.8) is 0 Å². The molecule has 0 aliphatic carbocycles. The molecule has 4 aromatic rings. The second kappa shape index (κ2) is 8.87. The van der Waals surface area contributed by atoms with Gasteiger partial charge in [0.2, 0.25) is 11.1 Å². The fourth-order valence-electron chi connectivity index (χ4n) is 2.78. The third-order valence-corrected chi connectivity index (χ3v) is 4.99. The van der Waals surface area contributed by atoms with Crippen LogP contribution in [0.3, 0.4) is 0 Å². The van der Waals surface area contributed by atoms with Gasteiger partial charge in [-0.15, -0.1) is 5.10 Å². The Labute approximate surface area is 175 Å². The highest BCUT2D eigenvalue weighted by atomic mass is 32.2. The number of halogens is 2. The minimum Gasteiger partial charge on any atom is -0.325 e. The van der Waals surface area contributed by atoms with Crippen molar-refractivity contribution in [2.24, 2.45) is 0 Å². The number of anilines is 1. The number of para-hydroxylation sites is 1. The molecule has 0 spiro atoms. The van der Waals surface area contributed by atoms with E-state index < -0.39 is 11.6 Å². The number of aromatic nitrogens is 3. The van der Waals surface area contributed by atoms with Crippen molar-refractivity contribution < 1.29 is 13.6 Å². The fraction of sp³-hybridized carbons (Fsp3) is 0.0455. The van der Waals surface area contributed by atoms with Gasteiger partial charge in [0, 0.05) is 17.3 Å². The summed E-state index contributed by atoms with van der Waals surface area (Å²) in [6.07, 6.45) is 0. The lowest BCUT2D eigenvalue weighted by Gasteiger charge is -2.05. The molecule has 0 fully saturated rings. The first kappa shape index (κ1) is 19.8. The van der Waals surface area contributed by atoms with E-state index in [-0.39, 0.29) is 17.3 Å². The van der Waals surface area contributed by atoms with Crippen LogP contribution in [0, 0.1) is 11.6 Å². The standard InChI is InChI=1S/C22H16F2N4OS/c23-18-12-11-16(13-19(18)24)25-20(29)14-30-22-26-21(15-7-3-1-4-8-15)28(27-22)17-9-5-2-6-10-17/h1-13H,14H2,(H,25,29). The highest BCUT2D eigenvalue weighted by Gasteiger charge is 2.15. The number of benzene rings is 3. The highest BCUT2D eigenvalue weighted by Crippen LogP contribution is 2.25. The Bertz CT molecular complexity index is 1110. The van der Waals surface area contributed by atoms with Crippen molar-refractivity contribution >= 4 is 23.4 Å². The minimum absolute atomic E-state index is 0.0199. The molecule has 0 unspecified atom stereocenters. The zero-order chi connectivity index (χ0) is 20.9. The van der Waals surface area contributed by atoms with Gasteiger partial charge >= 0.3 is 0 Å². The number of nitrogens with zero attached hydrogens (tertiary/aromatic N) is 3. The topological polar surface area (TPSA) is 59.8 Å². The van der Waals surface area contributed by atoms with Crippen molar-refractivity contribution in [3.05, 3.63) is 90.5 Å². The summed E-state index contributed by atoms with van der Waals surface area (Å²) in [5, 5.41) is 7.51. The van der Waals surface area contributed by atoms with E-state index in [0.29, 0.717) is 11.0 Å². The lowest BCUT2D eigenvalue weighted by Crippen LogP contribution is -2.14. The molecular weight excluding hydrogens is 406 g/mol. The summed E-state index contributed by atoms with van der Waals surface area (Å²) in [7, 11) is 0. The van der Waals surface area contributed by atoms with Gasteiger partial charge in [-0.3, -0.25) is 4.79 Å². The lowest BCUT2D eigenvalue weighted by atomic mass is 10.2. The van der Waals surface area contributed by atoms with E-state index in [1.165, 1.54) is 6.07 Å². The van der Waals surface area contributed by atoms with Gasteiger partial charge in [0.05, 0.1) is 11.4 Å². The molecule has 1 aromatic heterocycles. The van der Waals surface area contributed by atoms with Gasteiger partial charge in [-0.1, -0.05) is 60.3 Å². The summed E-state index contributed by atoms with van der Waals surface area (Å²) in [6, 6.07) is 22.4. The van der Waals surface area contributed by atoms with E-state index in [9.17, 15) is 13.6 Å². The zero-order valence-electron chi connectivity index (χ0n) is 15.6. The summed E-state index contributed by atoms with van der Waals surface area (Å²) >= 11 is 1.16. The Morgan fingerprint density at radius 2 is 1.63 bits per heavy atom. The Morgan fingerprint density at radius 1 is 0.933 bits per heavy atom. The van der Waals surface area contributed by atoms with Crippen LogP contribution < -0.4 is 5.32 Å². The lowest BCUT2D eigenvalue weighted by molar-refractivity contribution is -0.113. The van der Waals surface area contributed by atoms with Crippen LogP contribution in [-0.2, 0) is 4.79 Å². The molecule has 30 heavy (non-hydrogen) atoms. The number of rotatable bonds is 6. The molecule has 3 aromatic carbocycles. The number of hydrogen-bond acceptors (Lipinski definition) is 4. The number of amides is 1. The maximum Gasteiger partial charge on any atom is 0.234 e. The maximum absolute atomic E-state index is 13.3. The highest BCUT2D eigenvalue weighted by molar-refractivity contribution is 7.99. The molecule has 0 aliphatic rings. The first-order chi connectivity index (χ1) is 14.6. The zero-order valence-corrected chi connectivity index (χ0v) is 16.4. The Kier molecular flexibility index (Phi) is 5.85. The Balaban J connectivity index is 1.52. The predicted octanol–water partition coefficient (Wildman–Crippen LogP) is 4.94. The van der Waals surface area contributed by atoms with Gasteiger partial charge in [0.25, 0.3) is 0 Å². The third kappa shape index (κ3) is 4.55. The van der Waals surface area contributed by atoms with Crippen molar-refractivity contribution in [3.8, 4) is 17.1 Å². The van der Waals surface area contributed by atoms with Gasteiger partial charge in [0.15, 0.2) is 17.5 Å². The monoisotopic (exact) mass is 422 g/mol. The van der Waals surface area contributed by atoms with E-state index in [4.69, 9.17) is 0 Å². The van der Waals surface area contributed by atoms with Gasteiger partial charge in [0.1, 0.15) is 0 Å². The quantitative estimate of drug-likeness (QED) is 0.447. The van der Waals surface area contributed by atoms with Crippen LogP contribution in [0.1, 0.15) is 0 Å². The van der Waals surface area contributed by atoms with Crippen LogP contribution in [0.4, 0.5) is 14.5 Å². The van der Waals surface area contributed by atoms with Crippen molar-refractivity contribution in [1.82, 2.24) is 14.8 Å². The molecule has 0 aliphatic heterocycles. The van der Waals surface area contributed by atoms with Crippen LogP contribution in [0.25, 0.3) is 17.1 Å². The first-order valence-electron chi connectivity index (χ1n) is 9.06. The van der Waals surface area contributed by atoms with Gasteiger partial charge in [-0.05, 0) is 24.3 Å². The molecule has 1 amide bonds. The number of thioether (sulfide) groups is 1. The molecule has 0 atom stereocenters. The van der Waals surface area contributed by atoms with Crippen LogP contribution in [0.5, 0.6) is 0 Å². The molecule has 4 rings (SSSR count). The molecular formula is C22H16F2N4OS. The average molecular weight is 422 g/mol. The smallest absolute Gasteiger partial charge is 0.234 e. The molecule has 150 valence electrons. The molecule has 1 N–H and O–H groups in total. The van der Waals surface area contributed by atoms with E-state index >= 15 is 0 Å². The Hall–Kier alpha value is -3.52. The molecule has 0 bridgehead atoms. The van der Waals surface area contributed by atoms with E-state index in [0.717, 1.165) is 35.1 Å². The minimum atomic E-state index is -1.02. The summed E-state index contributed by atoms with van der Waals surface area (Å²) in [4.78, 5) is 16.8. The van der Waals surface area contributed by atoms with E-state index in [1.807, 2.05) is 60.7 Å². The number of carbonyl (C=O) groups excluding carboxylic acids is 1. The summed E-state index contributed by atoms with van der Waals surface area (Å²) in [5.74, 6) is -1.68. The summed E-state index contributed by atoms with van der Waals surface area (Å²) in [6.45, 7) is 0. The fourth-order valence-corrected chi connectivity index (χ4v) is 3.40. The molecule has 0 saturated heterocycles. The second-order valence-corrected chi connectivity index (χ2v) is 7.24. The van der Waals surface area contributed by atoms with Crippen molar-refractivity contribution in [1.29, 1.82) is 0 Å². The predicted molar refractivity (Wildman–Crippen MR) is 113 cm³/mol. The van der Waals surface area contributed by atoms with E-state index in [1.54, 1.807) is 4.68 Å².